The molecule has 1 fully saturated rings. The second kappa shape index (κ2) is 10.7. The Balaban J connectivity index is 1.49. The maximum atomic E-state index is 13.1. The molecule has 3 aromatic rings. The summed E-state index contributed by atoms with van der Waals surface area (Å²) in [5.41, 5.74) is 0.787. The number of carbonyl (C=O) groups is 1. The van der Waals surface area contributed by atoms with Crippen LogP contribution in [0.15, 0.2) is 48.0 Å². The molecule has 1 N–H and O–H groups in total. The van der Waals surface area contributed by atoms with Crippen molar-refractivity contribution in [2.24, 2.45) is 0 Å². The first kappa shape index (κ1) is 24.2. The molecule has 3 heterocycles. The van der Waals surface area contributed by atoms with E-state index in [0.29, 0.717) is 36.9 Å². The molecule has 2 aromatic carbocycles. The van der Waals surface area contributed by atoms with Crippen LogP contribution in [0.2, 0.25) is 0 Å². The van der Waals surface area contributed by atoms with E-state index in [9.17, 15) is 20.2 Å². The number of nitrogens with zero attached hydrogens (tertiary/aromatic N) is 4. The summed E-state index contributed by atoms with van der Waals surface area (Å²) >= 11 is 1.36. The standard InChI is InChI=1S/C25H21N5O6S/c26-15-17(24(31)27-18-13-20-21(36-11-10-35-20)14-19(18)30(32)33)12-22-23(16-4-2-1-3-5-16)28-25(37-22)29-6-8-34-9-7-29/h1-5,12-14H,6-11H2,(H,27,31)/b17-12+. The third-order valence-corrected chi connectivity index (χ3v) is 6.78. The SMILES string of the molecule is N#C/C(=C\c1sc(N2CCOCC2)nc1-c1ccccc1)C(=O)Nc1cc2c(cc1[N+](=O)[O-])OCCO2. The fourth-order valence-corrected chi connectivity index (χ4v) is 4.99. The number of hydrogen-bond acceptors (Lipinski definition) is 10. The van der Waals surface area contributed by atoms with Crippen LogP contribution in [-0.4, -0.2) is 55.3 Å². The number of benzene rings is 2. The summed E-state index contributed by atoms with van der Waals surface area (Å²) in [6, 6.07) is 13.9. The molecule has 0 saturated carbocycles. The molecule has 0 aliphatic carbocycles. The van der Waals surface area contributed by atoms with Gasteiger partial charge in [0.1, 0.15) is 30.5 Å². The molecular weight excluding hydrogens is 498 g/mol. The minimum Gasteiger partial charge on any atom is -0.486 e. The minimum atomic E-state index is -0.789. The molecule has 2 aliphatic rings. The van der Waals surface area contributed by atoms with Crippen molar-refractivity contribution in [3.05, 3.63) is 63.0 Å². The number of nitro groups is 1. The number of carbonyl (C=O) groups excluding carboxylic acids is 1. The largest absolute Gasteiger partial charge is 0.486 e. The van der Waals surface area contributed by atoms with Crippen molar-refractivity contribution >= 4 is 39.8 Å². The molecule has 0 spiro atoms. The van der Waals surface area contributed by atoms with E-state index in [0.717, 1.165) is 10.7 Å². The second-order valence-electron chi connectivity index (χ2n) is 8.07. The Morgan fingerprint density at radius 3 is 2.51 bits per heavy atom. The van der Waals surface area contributed by atoms with Gasteiger partial charge in [0.05, 0.1) is 34.8 Å². The van der Waals surface area contributed by atoms with Gasteiger partial charge in [0.15, 0.2) is 16.6 Å². The van der Waals surface area contributed by atoms with Crippen molar-refractivity contribution < 1.29 is 23.9 Å². The number of rotatable bonds is 6. The highest BCUT2D eigenvalue weighted by molar-refractivity contribution is 7.17. The van der Waals surface area contributed by atoms with Crippen LogP contribution in [0.3, 0.4) is 0 Å². The number of fused-ring (bicyclic) bond motifs is 1. The number of hydrogen-bond donors (Lipinski definition) is 1. The highest BCUT2D eigenvalue weighted by Gasteiger charge is 2.25. The normalized spacial score (nSPS) is 15.1. The molecule has 5 rings (SSSR count). The van der Waals surface area contributed by atoms with Gasteiger partial charge in [0, 0.05) is 24.7 Å². The van der Waals surface area contributed by atoms with E-state index in [1.165, 1.54) is 29.5 Å². The average molecular weight is 520 g/mol. The molecule has 1 aromatic heterocycles. The zero-order chi connectivity index (χ0) is 25.8. The second-order valence-corrected chi connectivity index (χ2v) is 9.08. The van der Waals surface area contributed by atoms with Gasteiger partial charge in [-0.1, -0.05) is 41.7 Å². The van der Waals surface area contributed by atoms with Crippen LogP contribution in [0.4, 0.5) is 16.5 Å². The summed E-state index contributed by atoms with van der Waals surface area (Å²) in [6.45, 7) is 3.09. The third kappa shape index (κ3) is 5.23. The Bertz CT molecular complexity index is 1410. The van der Waals surface area contributed by atoms with Gasteiger partial charge in [0.25, 0.3) is 11.6 Å². The third-order valence-electron chi connectivity index (χ3n) is 5.72. The Morgan fingerprint density at radius 2 is 1.84 bits per heavy atom. The molecule has 1 saturated heterocycles. The predicted octanol–water partition coefficient (Wildman–Crippen LogP) is 3.87. The number of nitro benzene ring substituents is 1. The van der Waals surface area contributed by atoms with Crippen LogP contribution in [0.25, 0.3) is 17.3 Å². The summed E-state index contributed by atoms with van der Waals surface area (Å²) in [5, 5.41) is 24.7. The molecule has 0 radical (unpaired) electrons. The first-order chi connectivity index (χ1) is 18.0. The zero-order valence-electron chi connectivity index (χ0n) is 19.5. The number of ether oxygens (including phenoxy) is 3. The molecule has 1 amide bonds. The van der Waals surface area contributed by atoms with Gasteiger partial charge in [-0.25, -0.2) is 4.98 Å². The van der Waals surface area contributed by atoms with E-state index in [1.807, 2.05) is 36.4 Å². The smallest absolute Gasteiger partial charge is 0.296 e. The van der Waals surface area contributed by atoms with Gasteiger partial charge >= 0.3 is 0 Å². The molecule has 37 heavy (non-hydrogen) atoms. The summed E-state index contributed by atoms with van der Waals surface area (Å²) in [7, 11) is 0. The Labute approximate surface area is 215 Å². The van der Waals surface area contributed by atoms with E-state index in [4.69, 9.17) is 19.2 Å². The number of nitriles is 1. The lowest BCUT2D eigenvalue weighted by Gasteiger charge is -2.26. The minimum absolute atomic E-state index is 0.0954. The Hall–Kier alpha value is -4.47. The molecule has 0 bridgehead atoms. The first-order valence-electron chi connectivity index (χ1n) is 11.4. The van der Waals surface area contributed by atoms with E-state index in [1.54, 1.807) is 0 Å². The van der Waals surface area contributed by atoms with Gasteiger partial charge in [-0.05, 0) is 6.08 Å². The molecule has 2 aliphatic heterocycles. The Kier molecular flexibility index (Phi) is 6.98. The van der Waals surface area contributed by atoms with Crippen molar-refractivity contribution in [2.75, 3.05) is 49.7 Å². The van der Waals surface area contributed by atoms with E-state index in [-0.39, 0.29) is 41.7 Å². The topological polar surface area (TPSA) is 140 Å². The fourth-order valence-electron chi connectivity index (χ4n) is 3.91. The van der Waals surface area contributed by atoms with Crippen molar-refractivity contribution in [3.63, 3.8) is 0 Å². The summed E-state index contributed by atoms with van der Waals surface area (Å²) in [5.74, 6) is -0.291. The summed E-state index contributed by atoms with van der Waals surface area (Å²) in [6.07, 6.45) is 1.46. The van der Waals surface area contributed by atoms with Gasteiger partial charge in [-0.2, -0.15) is 5.26 Å². The molecule has 0 atom stereocenters. The first-order valence-corrected chi connectivity index (χ1v) is 12.3. The van der Waals surface area contributed by atoms with Crippen molar-refractivity contribution in [1.82, 2.24) is 4.98 Å². The number of nitrogens with one attached hydrogen (secondary N) is 1. The van der Waals surface area contributed by atoms with Crippen LogP contribution in [0.1, 0.15) is 4.88 Å². The number of amides is 1. The molecule has 12 heteroatoms. The maximum absolute atomic E-state index is 13.1. The van der Waals surface area contributed by atoms with Crippen LogP contribution in [0, 0.1) is 21.4 Å². The predicted molar refractivity (Wildman–Crippen MR) is 137 cm³/mol. The van der Waals surface area contributed by atoms with Crippen LogP contribution < -0.4 is 19.7 Å². The van der Waals surface area contributed by atoms with E-state index < -0.39 is 10.8 Å². The van der Waals surface area contributed by atoms with Gasteiger partial charge < -0.3 is 24.4 Å². The molecule has 11 nitrogen and oxygen atoms in total. The van der Waals surface area contributed by atoms with Crippen molar-refractivity contribution in [1.29, 1.82) is 5.26 Å². The highest BCUT2D eigenvalue weighted by atomic mass is 32.1. The summed E-state index contributed by atoms with van der Waals surface area (Å²) in [4.78, 5) is 31.6. The summed E-state index contributed by atoms with van der Waals surface area (Å²) < 4.78 is 16.3. The lowest BCUT2D eigenvalue weighted by molar-refractivity contribution is -0.384. The Morgan fingerprint density at radius 1 is 1.14 bits per heavy atom. The lowest BCUT2D eigenvalue weighted by Crippen LogP contribution is -2.36. The molecule has 188 valence electrons. The van der Waals surface area contributed by atoms with Crippen molar-refractivity contribution in [2.45, 2.75) is 0 Å². The van der Waals surface area contributed by atoms with Crippen LogP contribution in [0.5, 0.6) is 11.5 Å². The quantitative estimate of drug-likeness (QED) is 0.222. The van der Waals surface area contributed by atoms with E-state index >= 15 is 0 Å². The fraction of sp³-hybridized carbons (Fsp3) is 0.240. The molecule has 0 unspecified atom stereocenters. The molecular formula is C25H21N5O6S. The lowest BCUT2D eigenvalue weighted by atomic mass is 10.1. The average Bonchev–Trinajstić information content (AvgIpc) is 3.36. The number of anilines is 2. The van der Waals surface area contributed by atoms with Gasteiger partial charge in [0.2, 0.25) is 0 Å². The highest BCUT2D eigenvalue weighted by Crippen LogP contribution is 2.40. The number of thiazole rings is 1. The maximum Gasteiger partial charge on any atom is 0.296 e. The van der Waals surface area contributed by atoms with Gasteiger partial charge in [-0.3, -0.25) is 14.9 Å². The zero-order valence-corrected chi connectivity index (χ0v) is 20.3. The van der Waals surface area contributed by atoms with Gasteiger partial charge in [-0.15, -0.1) is 0 Å². The number of morpholine rings is 1. The van der Waals surface area contributed by atoms with E-state index in [2.05, 4.69) is 10.2 Å². The van der Waals surface area contributed by atoms with Crippen LogP contribution in [-0.2, 0) is 9.53 Å². The monoisotopic (exact) mass is 519 g/mol. The van der Waals surface area contributed by atoms with Crippen molar-refractivity contribution in [3.8, 4) is 28.8 Å². The number of aromatic nitrogens is 1. The van der Waals surface area contributed by atoms with Crippen LogP contribution >= 0.6 is 11.3 Å².